The van der Waals surface area contributed by atoms with Gasteiger partial charge in [-0.3, -0.25) is 13.9 Å². The van der Waals surface area contributed by atoms with Gasteiger partial charge in [0.25, 0.3) is 0 Å². The Kier molecular flexibility index (Phi) is 10.7. The molecule has 0 aliphatic heterocycles. The average Bonchev–Trinajstić information content (AvgIpc) is 2.80. The van der Waals surface area contributed by atoms with Crippen LogP contribution < -0.4 is 9.62 Å². The molecule has 0 saturated carbocycles. The van der Waals surface area contributed by atoms with E-state index in [0.717, 1.165) is 11.8 Å². The van der Waals surface area contributed by atoms with Gasteiger partial charge in [-0.15, -0.1) is 0 Å². The van der Waals surface area contributed by atoms with Gasteiger partial charge in [0.05, 0.1) is 11.9 Å². The quantitative estimate of drug-likeness (QED) is 0.429. The summed E-state index contributed by atoms with van der Waals surface area (Å²) in [4.78, 5) is 27.3. The fourth-order valence-corrected chi connectivity index (χ4v) is 4.86. The first-order valence-corrected chi connectivity index (χ1v) is 14.1. The molecule has 2 aromatic rings. The molecule has 0 aliphatic carbocycles. The largest absolute Gasteiger partial charge is 0.354 e. The number of anilines is 1. The van der Waals surface area contributed by atoms with E-state index in [1.807, 2.05) is 13.8 Å². The van der Waals surface area contributed by atoms with Gasteiger partial charge in [-0.2, -0.15) is 0 Å². The van der Waals surface area contributed by atoms with Crippen molar-refractivity contribution in [3.63, 3.8) is 0 Å². The third-order valence-electron chi connectivity index (χ3n) is 5.74. The smallest absolute Gasteiger partial charge is 0.242 e. The number of aryl methyl sites for hydroxylation is 1. The summed E-state index contributed by atoms with van der Waals surface area (Å²) >= 11 is 6.09. The molecule has 1 atom stereocenters. The van der Waals surface area contributed by atoms with Crippen molar-refractivity contribution in [3.8, 4) is 0 Å². The van der Waals surface area contributed by atoms with Crippen LogP contribution in [0.5, 0.6) is 0 Å². The summed E-state index contributed by atoms with van der Waals surface area (Å²) in [6, 6.07) is 10.2. The summed E-state index contributed by atoms with van der Waals surface area (Å²) in [5.41, 5.74) is 1.47. The van der Waals surface area contributed by atoms with Crippen molar-refractivity contribution in [2.24, 2.45) is 5.92 Å². The molecular weight excluding hydrogens is 505 g/mol. The van der Waals surface area contributed by atoms with Crippen LogP contribution in [-0.2, 0) is 26.2 Å². The van der Waals surface area contributed by atoms with Gasteiger partial charge in [0.15, 0.2) is 0 Å². The lowest BCUT2D eigenvalue weighted by Crippen LogP contribution is -2.48. The van der Waals surface area contributed by atoms with E-state index >= 15 is 0 Å². The molecular formula is C26H35ClFN3O4S. The fourth-order valence-electron chi connectivity index (χ4n) is 3.68. The Balaban J connectivity index is 2.21. The number of carbonyl (C=O) groups is 2. The molecule has 2 aromatic carbocycles. The van der Waals surface area contributed by atoms with Gasteiger partial charge in [-0.05, 0) is 49.9 Å². The third kappa shape index (κ3) is 8.48. The van der Waals surface area contributed by atoms with Crippen molar-refractivity contribution in [1.82, 2.24) is 10.2 Å². The van der Waals surface area contributed by atoms with Crippen LogP contribution in [-0.4, -0.2) is 50.5 Å². The number of nitrogens with one attached hydrogen (secondary N) is 1. The van der Waals surface area contributed by atoms with E-state index in [1.165, 1.54) is 15.3 Å². The van der Waals surface area contributed by atoms with E-state index in [1.54, 1.807) is 50.2 Å². The van der Waals surface area contributed by atoms with Crippen molar-refractivity contribution in [3.05, 3.63) is 64.4 Å². The second-order valence-electron chi connectivity index (χ2n) is 9.30. The summed E-state index contributed by atoms with van der Waals surface area (Å²) in [5, 5.41) is 3.22. The zero-order chi connectivity index (χ0) is 27.0. The number of amides is 2. The molecule has 0 heterocycles. The van der Waals surface area contributed by atoms with Crippen LogP contribution >= 0.6 is 11.6 Å². The number of carbonyl (C=O) groups excluding carboxylic acids is 2. The Morgan fingerprint density at radius 1 is 1.11 bits per heavy atom. The number of halogens is 2. The molecule has 0 spiro atoms. The number of rotatable bonds is 12. The summed E-state index contributed by atoms with van der Waals surface area (Å²) in [5.74, 6) is -0.944. The van der Waals surface area contributed by atoms with Crippen molar-refractivity contribution >= 4 is 39.1 Å². The molecule has 0 fully saturated rings. The van der Waals surface area contributed by atoms with Crippen LogP contribution in [0.3, 0.4) is 0 Å². The lowest BCUT2D eigenvalue weighted by atomic mass is 10.1. The van der Waals surface area contributed by atoms with E-state index in [0.29, 0.717) is 22.8 Å². The third-order valence-corrected chi connectivity index (χ3v) is 7.16. The maximum absolute atomic E-state index is 14.4. The van der Waals surface area contributed by atoms with Gasteiger partial charge in [0, 0.05) is 36.6 Å². The first kappa shape index (κ1) is 29.6. The predicted octanol–water partition coefficient (Wildman–Crippen LogP) is 4.52. The normalized spacial score (nSPS) is 12.3. The minimum atomic E-state index is -3.64. The van der Waals surface area contributed by atoms with Crippen LogP contribution in [0.1, 0.15) is 44.7 Å². The van der Waals surface area contributed by atoms with Gasteiger partial charge in [-0.25, -0.2) is 12.8 Å². The van der Waals surface area contributed by atoms with E-state index in [9.17, 15) is 22.4 Å². The molecule has 0 radical (unpaired) electrons. The Bertz CT molecular complexity index is 1170. The predicted molar refractivity (Wildman–Crippen MR) is 142 cm³/mol. The maximum Gasteiger partial charge on any atom is 0.242 e. The Labute approximate surface area is 218 Å². The van der Waals surface area contributed by atoms with Crippen molar-refractivity contribution < 1.29 is 22.4 Å². The van der Waals surface area contributed by atoms with Crippen LogP contribution in [0.4, 0.5) is 10.1 Å². The maximum atomic E-state index is 14.4. The summed E-state index contributed by atoms with van der Waals surface area (Å²) in [7, 11) is -3.64. The van der Waals surface area contributed by atoms with Crippen LogP contribution in [0.2, 0.25) is 5.02 Å². The SMILES string of the molecule is Cc1ccc(Cl)cc1N(CCCC(=O)N(Cc1ccccc1F)C(C)C(=O)NCC(C)C)S(C)(=O)=O. The number of hydrogen-bond acceptors (Lipinski definition) is 4. The number of nitrogens with zero attached hydrogens (tertiary/aromatic N) is 2. The monoisotopic (exact) mass is 539 g/mol. The van der Waals surface area contributed by atoms with Crippen LogP contribution in [0.15, 0.2) is 42.5 Å². The summed E-state index contributed by atoms with van der Waals surface area (Å²) in [6.07, 6.45) is 1.27. The lowest BCUT2D eigenvalue weighted by Gasteiger charge is -2.30. The zero-order valence-electron chi connectivity index (χ0n) is 21.4. The van der Waals surface area contributed by atoms with Gasteiger partial charge in [0.2, 0.25) is 21.8 Å². The molecule has 2 amide bonds. The topological polar surface area (TPSA) is 86.8 Å². The Morgan fingerprint density at radius 2 is 1.78 bits per heavy atom. The fraction of sp³-hybridized carbons (Fsp3) is 0.462. The number of sulfonamides is 1. The number of benzene rings is 2. The molecule has 1 unspecified atom stereocenters. The van der Waals surface area contributed by atoms with E-state index in [4.69, 9.17) is 11.6 Å². The van der Waals surface area contributed by atoms with Crippen LogP contribution in [0.25, 0.3) is 0 Å². The molecule has 198 valence electrons. The molecule has 0 aliphatic rings. The molecule has 36 heavy (non-hydrogen) atoms. The van der Waals surface area contributed by atoms with Gasteiger partial charge < -0.3 is 10.2 Å². The second-order valence-corrected chi connectivity index (χ2v) is 11.6. The average molecular weight is 540 g/mol. The highest BCUT2D eigenvalue weighted by atomic mass is 35.5. The molecule has 0 bridgehead atoms. The van der Waals surface area contributed by atoms with Crippen molar-refractivity contribution in [1.29, 1.82) is 0 Å². The second kappa shape index (κ2) is 13.1. The molecule has 10 heteroatoms. The molecule has 0 saturated heterocycles. The van der Waals surface area contributed by atoms with Crippen molar-refractivity contribution in [2.45, 2.75) is 53.1 Å². The van der Waals surface area contributed by atoms with Crippen LogP contribution in [0, 0.1) is 18.7 Å². The number of hydrogen-bond donors (Lipinski definition) is 1. The highest BCUT2D eigenvalue weighted by Crippen LogP contribution is 2.27. The molecule has 2 rings (SSSR count). The first-order chi connectivity index (χ1) is 16.8. The van der Waals surface area contributed by atoms with Crippen molar-refractivity contribution in [2.75, 3.05) is 23.7 Å². The Morgan fingerprint density at radius 3 is 2.39 bits per heavy atom. The van der Waals surface area contributed by atoms with Gasteiger partial charge >= 0.3 is 0 Å². The van der Waals surface area contributed by atoms with E-state index < -0.39 is 21.9 Å². The van der Waals surface area contributed by atoms with E-state index in [-0.39, 0.29) is 43.7 Å². The zero-order valence-corrected chi connectivity index (χ0v) is 23.0. The Hall–Kier alpha value is -2.65. The minimum Gasteiger partial charge on any atom is -0.354 e. The molecule has 7 nitrogen and oxygen atoms in total. The van der Waals surface area contributed by atoms with Gasteiger partial charge in [-0.1, -0.05) is 49.7 Å². The van der Waals surface area contributed by atoms with Gasteiger partial charge in [0.1, 0.15) is 11.9 Å². The summed E-state index contributed by atoms with van der Waals surface area (Å²) < 4.78 is 40.6. The molecule has 1 N–H and O–H groups in total. The lowest BCUT2D eigenvalue weighted by molar-refractivity contribution is -0.140. The first-order valence-electron chi connectivity index (χ1n) is 11.9. The highest BCUT2D eigenvalue weighted by molar-refractivity contribution is 7.92. The standard InChI is InChI=1S/C26H35ClFN3O4S/c1-18(2)16-29-26(33)20(4)30(17-21-9-6-7-10-23(21)28)25(32)11-8-14-31(36(5,34)35)24-15-22(27)13-12-19(24)3/h6-7,9-10,12-13,15,18,20H,8,11,14,16-17H2,1-5H3,(H,29,33). The molecule has 0 aromatic heterocycles. The minimum absolute atomic E-state index is 0.0259. The van der Waals surface area contributed by atoms with E-state index in [2.05, 4.69) is 5.32 Å². The highest BCUT2D eigenvalue weighted by Gasteiger charge is 2.27. The summed E-state index contributed by atoms with van der Waals surface area (Å²) in [6.45, 7) is 7.73.